The Kier molecular flexibility index (Phi) is 26.3. The van der Waals surface area contributed by atoms with Crippen molar-refractivity contribution in [3.8, 4) is 67.5 Å². The van der Waals surface area contributed by atoms with Gasteiger partial charge in [-0.3, -0.25) is 54.5 Å². The van der Waals surface area contributed by atoms with Crippen molar-refractivity contribution >= 4 is 189 Å². The lowest BCUT2D eigenvalue weighted by molar-refractivity contribution is 0.738. The zero-order valence-electron chi connectivity index (χ0n) is 77.0. The highest BCUT2D eigenvalue weighted by atomic mass is 79.9. The summed E-state index contributed by atoms with van der Waals surface area (Å²) in [7, 11) is 11.4. The number of thiophene rings is 2. The first-order chi connectivity index (χ1) is 68.2. The van der Waals surface area contributed by atoms with Crippen molar-refractivity contribution in [1.82, 2.24) is 173 Å². The van der Waals surface area contributed by atoms with Gasteiger partial charge in [0.2, 0.25) is 5.13 Å². The van der Waals surface area contributed by atoms with E-state index < -0.39 is 0 Å². The van der Waals surface area contributed by atoms with E-state index in [9.17, 15) is 0 Å². The molecule has 0 unspecified atom stereocenters. The van der Waals surface area contributed by atoms with Gasteiger partial charge in [0.1, 0.15) is 15.8 Å². The number of imidazole rings is 6. The molecule has 0 atom stereocenters. The molecule has 49 heteroatoms. The van der Waals surface area contributed by atoms with Gasteiger partial charge >= 0.3 is 0 Å². The number of aromatic nitrogens is 35. The van der Waals surface area contributed by atoms with Crippen molar-refractivity contribution in [3.63, 3.8) is 0 Å². The second-order valence-electron chi connectivity index (χ2n) is 32.3. The van der Waals surface area contributed by atoms with Crippen LogP contribution < -0.4 is 37.2 Å². The van der Waals surface area contributed by atoms with Gasteiger partial charge in [0.15, 0.2) is 73.9 Å². The normalized spacial score (nSPS) is 11.9. The fourth-order valence-electron chi connectivity index (χ4n) is 15.2. The predicted molar refractivity (Wildman–Crippen MR) is 552 cm³/mol. The number of halogens is 1. The zero-order valence-corrected chi connectivity index (χ0v) is 83.5. The molecule has 0 radical (unpaired) electrons. The van der Waals surface area contributed by atoms with Gasteiger partial charge in [-0.15, -0.1) is 34.0 Å². The van der Waals surface area contributed by atoms with Crippen LogP contribution >= 0.6 is 84.5 Å². The van der Waals surface area contributed by atoms with E-state index in [-0.39, 0.29) is 0 Å². The maximum absolute atomic E-state index is 4.61. The molecule has 0 bridgehead atoms. The molecule has 0 aliphatic carbocycles. The van der Waals surface area contributed by atoms with Crippen LogP contribution in [-0.4, -0.2) is 181 Å². The predicted octanol–water partition coefficient (Wildman–Crippen LogP) is 18.1. The van der Waals surface area contributed by atoms with Gasteiger partial charge in [-0.1, -0.05) is 19.9 Å². The summed E-state index contributed by atoms with van der Waals surface area (Å²) >= 11 is 12.6. The van der Waals surface area contributed by atoms with Crippen molar-refractivity contribution in [2.75, 3.05) is 45.0 Å². The van der Waals surface area contributed by atoms with Gasteiger partial charge in [0.05, 0.1) is 134 Å². The van der Waals surface area contributed by atoms with Crippen LogP contribution in [-0.2, 0) is 42.3 Å². The highest BCUT2D eigenvalue weighted by Gasteiger charge is 2.24. The zero-order chi connectivity index (χ0) is 96.2. The van der Waals surface area contributed by atoms with Gasteiger partial charge in [-0.2, -0.15) is 43.7 Å². The highest BCUT2D eigenvalue weighted by Crippen LogP contribution is 2.40. The molecule has 0 aromatic carbocycles. The maximum Gasteiger partial charge on any atom is 0.208 e. The van der Waals surface area contributed by atoms with Gasteiger partial charge in [0.25, 0.3) is 0 Å². The molecule has 0 amide bonds. The molecule has 0 saturated carbocycles. The van der Waals surface area contributed by atoms with Crippen LogP contribution in [0, 0.1) is 27.7 Å². The number of nitrogens with zero attached hydrogens (tertiary/aromatic N) is 35. The molecule has 42 nitrogen and oxygen atoms in total. The summed E-state index contributed by atoms with van der Waals surface area (Å²) in [6.07, 6.45) is 60.8. The Labute approximate surface area is 829 Å². The fraction of sp³-hybridized carbons (Fsp3) is 0.176. The third kappa shape index (κ3) is 19.8. The summed E-state index contributed by atoms with van der Waals surface area (Å²) in [5.41, 5.74) is 22.3. The SMILES string of the molecule is CC(C)c1nsc(Nc2nccn3c(-c4cnn(C)c4)cnc23)n1.Cc1cnc(Nc2nccn3c(-c4cnn(C)c4)cnc23)s1.Cc1csc(Nc2nccn3c(-c4cnn(C)c4)cnc23)c1.Cc1nsc(Nc2nccn3c(-c4cnn(C)c4)cnc23)c1Br.Cc1nsc(Nc2nccn3c(-c4cnn(C)c4)cnc23)c1C1=CCNCC1.Cn1cc(-c2cnc3c(Nc4cccs4)nccn23)cn1. The van der Waals surface area contributed by atoms with Crippen molar-refractivity contribution in [2.45, 2.75) is 53.9 Å². The summed E-state index contributed by atoms with van der Waals surface area (Å²) in [5.74, 6) is 5.36. The van der Waals surface area contributed by atoms with E-state index in [1.54, 1.807) is 99.3 Å². The molecular weight excluding hydrogens is 1950 g/mol. The van der Waals surface area contributed by atoms with E-state index in [0.717, 1.165) is 190 Å². The number of nitrogens with one attached hydrogen (secondary N) is 7. The number of aryl methyl sites for hydroxylation is 10. The van der Waals surface area contributed by atoms with Crippen LogP contribution in [0.1, 0.15) is 59.4 Å². The lowest BCUT2D eigenvalue weighted by atomic mass is 10.0. The second-order valence-corrected chi connectivity index (χ2v) is 38.4. The second kappa shape index (κ2) is 40.2. The van der Waals surface area contributed by atoms with Gasteiger partial charge < -0.3 is 37.2 Å². The first-order valence-electron chi connectivity index (χ1n) is 43.5. The van der Waals surface area contributed by atoms with Crippen LogP contribution in [0.2, 0.25) is 0 Å². The smallest absolute Gasteiger partial charge is 0.208 e. The molecule has 0 spiro atoms. The Balaban J connectivity index is 0.000000103. The maximum atomic E-state index is 4.61. The van der Waals surface area contributed by atoms with E-state index in [0.29, 0.717) is 28.5 Å². The number of thiazole rings is 1. The molecule has 1 aliphatic heterocycles. The molecule has 25 heterocycles. The van der Waals surface area contributed by atoms with E-state index in [4.69, 9.17) is 0 Å². The minimum atomic E-state index is 0.296. The van der Waals surface area contributed by atoms with E-state index >= 15 is 0 Å². The Hall–Kier alpha value is -16.2. The molecular formula is C91H87BrN42S6. The molecule has 25 rings (SSSR count). The van der Waals surface area contributed by atoms with Crippen molar-refractivity contribution in [2.24, 2.45) is 42.3 Å². The minimum absolute atomic E-state index is 0.296. The number of hydrogen-bond donors (Lipinski definition) is 7. The molecule has 0 saturated heterocycles. The first kappa shape index (κ1) is 91.6. The van der Waals surface area contributed by atoms with Gasteiger partial charge in [-0.25, -0.2) is 69.8 Å². The molecule has 7 N–H and O–H groups in total. The van der Waals surface area contributed by atoms with Crippen LogP contribution in [0.3, 0.4) is 0 Å². The first-order valence-corrected chi connectivity index (χ1v) is 49.2. The summed E-state index contributed by atoms with van der Waals surface area (Å²) < 4.78 is 36.9. The third-order valence-electron chi connectivity index (χ3n) is 21.8. The number of rotatable bonds is 20. The number of anilines is 12. The standard InChI is InChI=1S/C19H20N8S.C15H16N8S.C15H14N6S.C14H12BrN7S.C14H13N7S.C14H12N6S/c1-12-16(13-3-5-20-6-4-13)19(28-25-12)24-17-18-22-10-15(27(18)8-7-21-17)14-9-23-26(2)11-14;1-9(2)12-19-15(24-21-12)20-13-14-17-7-11(23(14)5-4-16-13)10-6-18-22(3)8-10;1-10-5-13(22-9-10)19-14-15-17-7-12(21(15)4-3-16-14)11-6-18-20(2)8-11;1-8-11(15)14(23-20-8)19-12-13-17-6-10(22(13)4-3-16-12)9-5-18-21(2)7-9;1-9-5-17-14(22-9)19-12-13-16-7-11(21(13)4-3-15-12)10-6-18-20(2)8-10;1-19-9-10(7-17-19)11-8-16-14-13(15-4-5-20(11)14)18-12-3-2-6-21-12/h3,7-11,20H,4-6H2,1-2H3,(H,21,24);4-9H,1-3H3,(H,16,19,20,21);3-9H,1-2H3,(H,16,19);3-7H,1-2H3,(H,16,19);3-8H,1-2H3,(H,15,17,19);2-9H,1H3,(H,15,18). The average molecular weight is 2040 g/mol. The molecule has 704 valence electrons. The van der Waals surface area contributed by atoms with E-state index in [1.807, 2.05) is 255 Å². The van der Waals surface area contributed by atoms with E-state index in [2.05, 4.69) is 212 Å². The summed E-state index contributed by atoms with van der Waals surface area (Å²) in [5, 5.41) is 58.2. The van der Waals surface area contributed by atoms with Crippen LogP contribution in [0.15, 0.2) is 232 Å². The Morgan fingerprint density at radius 3 is 1.08 bits per heavy atom. The van der Waals surface area contributed by atoms with Crippen molar-refractivity contribution in [3.05, 3.63) is 265 Å². The molecule has 24 aromatic rings. The fourth-order valence-corrected chi connectivity index (χ4v) is 20.0. The molecule has 1 aliphatic rings. The summed E-state index contributed by atoms with van der Waals surface area (Å²) in [6.45, 7) is 14.1. The Bertz CT molecular complexity index is 8330. The molecule has 140 heavy (non-hydrogen) atoms. The quantitative estimate of drug-likeness (QED) is 0.0372. The topological polar surface area (TPSA) is 437 Å². The van der Waals surface area contributed by atoms with Crippen molar-refractivity contribution in [1.29, 1.82) is 0 Å². The van der Waals surface area contributed by atoms with Gasteiger partial charge in [0, 0.05) is 228 Å². The lowest BCUT2D eigenvalue weighted by Crippen LogP contribution is -2.20. The summed E-state index contributed by atoms with van der Waals surface area (Å²) in [4.78, 5) is 63.6. The molecule has 0 fully saturated rings. The van der Waals surface area contributed by atoms with Crippen molar-refractivity contribution < 1.29 is 0 Å². The highest BCUT2D eigenvalue weighted by molar-refractivity contribution is 9.10. The Morgan fingerprint density at radius 1 is 0.386 bits per heavy atom. The average Bonchev–Trinajstić information content (AvgIpc) is 1.65. The lowest BCUT2D eigenvalue weighted by Gasteiger charge is -2.15. The largest absolute Gasteiger partial charge is 0.329 e. The number of hydrogen-bond acceptors (Lipinski definition) is 36. The van der Waals surface area contributed by atoms with Crippen LogP contribution in [0.4, 0.5) is 65.2 Å². The monoisotopic (exact) mass is 2040 g/mol. The summed E-state index contributed by atoms with van der Waals surface area (Å²) in [6, 6.07) is 6.11. The Morgan fingerprint density at radius 2 is 0.757 bits per heavy atom. The number of fused-ring (bicyclic) bond motifs is 6. The minimum Gasteiger partial charge on any atom is -0.329 e. The third-order valence-corrected chi connectivity index (χ3v) is 28.0. The van der Waals surface area contributed by atoms with Crippen LogP contribution in [0.5, 0.6) is 0 Å². The van der Waals surface area contributed by atoms with Gasteiger partial charge in [-0.05, 0) is 120 Å². The van der Waals surface area contributed by atoms with Crippen LogP contribution in [0.25, 0.3) is 107 Å². The van der Waals surface area contributed by atoms with E-state index in [1.165, 1.54) is 51.3 Å². The molecule has 24 aromatic heterocycles.